The Morgan fingerprint density at radius 2 is 1.79 bits per heavy atom. The first kappa shape index (κ1) is 19.8. The Morgan fingerprint density at radius 3 is 2.38 bits per heavy atom. The molecule has 2 aliphatic rings. The molecule has 0 heterocycles. The molecular formula is C22H26N2O4S. The van der Waals surface area contributed by atoms with E-state index in [0.29, 0.717) is 23.3 Å². The van der Waals surface area contributed by atoms with Gasteiger partial charge in [0.1, 0.15) is 12.3 Å². The second-order valence-corrected chi connectivity index (χ2v) is 9.73. The lowest BCUT2D eigenvalue weighted by Crippen LogP contribution is -2.45. The number of carbonyl (C=O) groups excluding carboxylic acids is 1. The Kier molecular flexibility index (Phi) is 5.50. The number of benzene rings is 2. The minimum Gasteiger partial charge on any atom is -0.497 e. The monoisotopic (exact) mass is 414 g/mol. The van der Waals surface area contributed by atoms with E-state index in [4.69, 9.17) is 4.74 Å². The molecule has 2 aromatic carbocycles. The van der Waals surface area contributed by atoms with Gasteiger partial charge in [-0.1, -0.05) is 24.6 Å². The Morgan fingerprint density at radius 1 is 1.07 bits per heavy atom. The fourth-order valence-corrected chi connectivity index (χ4v) is 6.03. The highest BCUT2D eigenvalue weighted by atomic mass is 32.2. The van der Waals surface area contributed by atoms with Crippen molar-refractivity contribution in [1.82, 2.24) is 5.32 Å². The predicted octanol–water partition coefficient (Wildman–Crippen LogP) is 3.20. The normalized spacial score (nSPS) is 23.0. The number of amides is 1. The number of ether oxygens (including phenoxy) is 1. The summed E-state index contributed by atoms with van der Waals surface area (Å²) in [6.07, 6.45) is 4.58. The minimum atomic E-state index is -3.88. The molecule has 0 aliphatic heterocycles. The first-order valence-corrected chi connectivity index (χ1v) is 11.4. The van der Waals surface area contributed by atoms with Gasteiger partial charge in [-0.25, -0.2) is 8.42 Å². The number of rotatable bonds is 7. The van der Waals surface area contributed by atoms with Crippen LogP contribution in [0.5, 0.6) is 5.75 Å². The molecule has 2 bridgehead atoms. The van der Waals surface area contributed by atoms with E-state index in [1.165, 1.54) is 17.1 Å². The van der Waals surface area contributed by atoms with Crippen molar-refractivity contribution in [1.29, 1.82) is 0 Å². The largest absolute Gasteiger partial charge is 0.497 e. The van der Waals surface area contributed by atoms with E-state index < -0.39 is 10.0 Å². The lowest BCUT2D eigenvalue weighted by molar-refractivity contribution is -0.120. The molecule has 3 atom stereocenters. The topological polar surface area (TPSA) is 75.7 Å². The maximum Gasteiger partial charge on any atom is 0.264 e. The third kappa shape index (κ3) is 4.10. The van der Waals surface area contributed by atoms with Crippen molar-refractivity contribution >= 4 is 21.6 Å². The molecule has 2 saturated carbocycles. The Bertz CT molecular complexity index is 960. The van der Waals surface area contributed by atoms with Crippen LogP contribution in [-0.4, -0.2) is 34.0 Å². The van der Waals surface area contributed by atoms with Crippen molar-refractivity contribution in [3.63, 3.8) is 0 Å². The van der Waals surface area contributed by atoms with Gasteiger partial charge in [0.2, 0.25) is 5.91 Å². The Labute approximate surface area is 171 Å². The van der Waals surface area contributed by atoms with Crippen LogP contribution in [0.1, 0.15) is 25.7 Å². The number of nitrogens with one attached hydrogen (secondary N) is 1. The van der Waals surface area contributed by atoms with Gasteiger partial charge in [-0.3, -0.25) is 9.10 Å². The van der Waals surface area contributed by atoms with Crippen LogP contribution in [0.4, 0.5) is 5.69 Å². The summed E-state index contributed by atoms with van der Waals surface area (Å²) in [6, 6.07) is 15.1. The standard InChI is InChI=1S/C22H26N2O4S/c1-28-19-11-9-18(10-12-19)24(29(26,27)20-5-3-2-4-6-20)15-22(25)23-21-14-16-7-8-17(21)13-16/h2-6,9-12,16-17,21H,7-8,13-15H2,1H3,(H,23,25)/t16-,17+,21-/m1/s1. The van der Waals surface area contributed by atoms with Gasteiger partial charge in [-0.2, -0.15) is 0 Å². The molecule has 1 N–H and O–H groups in total. The molecule has 1 amide bonds. The van der Waals surface area contributed by atoms with Gasteiger partial charge in [0.15, 0.2) is 0 Å². The third-order valence-corrected chi connectivity index (χ3v) is 7.85. The van der Waals surface area contributed by atoms with Gasteiger partial charge < -0.3 is 10.1 Å². The van der Waals surface area contributed by atoms with Gasteiger partial charge in [0, 0.05) is 6.04 Å². The van der Waals surface area contributed by atoms with Crippen LogP contribution < -0.4 is 14.4 Å². The molecule has 0 unspecified atom stereocenters. The van der Waals surface area contributed by atoms with Gasteiger partial charge in [-0.05, 0) is 67.5 Å². The maximum absolute atomic E-state index is 13.3. The van der Waals surface area contributed by atoms with E-state index in [-0.39, 0.29) is 23.4 Å². The molecule has 0 saturated heterocycles. The van der Waals surface area contributed by atoms with E-state index >= 15 is 0 Å². The van der Waals surface area contributed by atoms with E-state index in [2.05, 4.69) is 5.32 Å². The summed E-state index contributed by atoms with van der Waals surface area (Å²) in [6.45, 7) is -0.253. The average molecular weight is 415 g/mol. The molecule has 7 heteroatoms. The van der Waals surface area contributed by atoms with Gasteiger partial charge >= 0.3 is 0 Å². The van der Waals surface area contributed by atoms with Crippen molar-refractivity contribution in [2.24, 2.45) is 11.8 Å². The Hall–Kier alpha value is -2.54. The van der Waals surface area contributed by atoms with Crippen LogP contribution in [0.2, 0.25) is 0 Å². The number of anilines is 1. The number of fused-ring (bicyclic) bond motifs is 2. The molecule has 154 valence electrons. The molecule has 2 aliphatic carbocycles. The molecule has 0 spiro atoms. The minimum absolute atomic E-state index is 0.156. The average Bonchev–Trinajstić information content (AvgIpc) is 3.36. The van der Waals surface area contributed by atoms with Gasteiger partial charge in [0.25, 0.3) is 10.0 Å². The van der Waals surface area contributed by atoms with Crippen LogP contribution in [0.25, 0.3) is 0 Å². The zero-order valence-corrected chi connectivity index (χ0v) is 17.3. The predicted molar refractivity (Wildman–Crippen MR) is 111 cm³/mol. The number of methoxy groups -OCH3 is 1. The fourth-order valence-electron chi connectivity index (χ4n) is 4.59. The van der Waals surface area contributed by atoms with Crippen LogP contribution in [0.15, 0.2) is 59.5 Å². The van der Waals surface area contributed by atoms with Crippen LogP contribution in [-0.2, 0) is 14.8 Å². The van der Waals surface area contributed by atoms with Crippen LogP contribution >= 0.6 is 0 Å². The molecule has 6 nitrogen and oxygen atoms in total. The highest BCUT2D eigenvalue weighted by Crippen LogP contribution is 2.44. The first-order valence-electron chi connectivity index (χ1n) is 9.98. The summed E-state index contributed by atoms with van der Waals surface area (Å²) < 4.78 is 32.9. The quantitative estimate of drug-likeness (QED) is 0.755. The fraction of sp³-hybridized carbons (Fsp3) is 0.409. The highest BCUT2D eigenvalue weighted by molar-refractivity contribution is 7.92. The van der Waals surface area contributed by atoms with Crippen molar-refractivity contribution in [3.05, 3.63) is 54.6 Å². The number of sulfonamides is 1. The van der Waals surface area contributed by atoms with Gasteiger partial charge in [-0.15, -0.1) is 0 Å². The van der Waals surface area contributed by atoms with E-state index in [1.54, 1.807) is 61.7 Å². The number of carbonyl (C=O) groups is 1. The van der Waals surface area contributed by atoms with Crippen LogP contribution in [0.3, 0.4) is 0 Å². The highest BCUT2D eigenvalue weighted by Gasteiger charge is 2.40. The number of nitrogens with zero attached hydrogens (tertiary/aromatic N) is 1. The first-order chi connectivity index (χ1) is 14.0. The van der Waals surface area contributed by atoms with Crippen LogP contribution in [0, 0.1) is 11.8 Å². The summed E-state index contributed by atoms with van der Waals surface area (Å²) in [5, 5.41) is 3.09. The summed E-state index contributed by atoms with van der Waals surface area (Å²) >= 11 is 0. The van der Waals surface area contributed by atoms with Crippen molar-refractivity contribution in [2.75, 3.05) is 18.0 Å². The summed E-state index contributed by atoms with van der Waals surface area (Å²) in [4.78, 5) is 13.0. The molecule has 2 fully saturated rings. The second kappa shape index (κ2) is 8.06. The van der Waals surface area contributed by atoms with E-state index in [9.17, 15) is 13.2 Å². The summed E-state index contributed by atoms with van der Waals surface area (Å²) in [5.41, 5.74) is 0.428. The van der Waals surface area contributed by atoms with Crippen molar-refractivity contribution in [3.8, 4) is 5.75 Å². The number of hydrogen-bond acceptors (Lipinski definition) is 4. The molecular weight excluding hydrogens is 388 g/mol. The SMILES string of the molecule is COc1ccc(N(CC(=O)N[C@@H]2C[C@@H]3CC[C@H]2C3)S(=O)(=O)c2ccccc2)cc1. The van der Waals surface area contributed by atoms with Crippen molar-refractivity contribution < 1.29 is 17.9 Å². The smallest absolute Gasteiger partial charge is 0.264 e. The number of hydrogen-bond donors (Lipinski definition) is 1. The lowest BCUT2D eigenvalue weighted by Gasteiger charge is -2.27. The summed E-state index contributed by atoms with van der Waals surface area (Å²) in [5.74, 6) is 1.59. The third-order valence-electron chi connectivity index (χ3n) is 6.06. The maximum atomic E-state index is 13.3. The van der Waals surface area contributed by atoms with E-state index in [0.717, 1.165) is 12.8 Å². The zero-order chi connectivity index (χ0) is 20.4. The second-order valence-electron chi connectivity index (χ2n) is 7.87. The zero-order valence-electron chi connectivity index (χ0n) is 16.5. The lowest BCUT2D eigenvalue weighted by atomic mass is 9.95. The molecule has 0 radical (unpaired) electrons. The molecule has 2 aromatic rings. The molecule has 29 heavy (non-hydrogen) atoms. The van der Waals surface area contributed by atoms with E-state index in [1.807, 2.05) is 0 Å². The van der Waals surface area contributed by atoms with Gasteiger partial charge in [0.05, 0.1) is 17.7 Å². The molecule has 4 rings (SSSR count). The Balaban J connectivity index is 1.58. The summed E-state index contributed by atoms with van der Waals surface area (Å²) in [7, 11) is -2.33. The van der Waals surface area contributed by atoms with Crippen molar-refractivity contribution in [2.45, 2.75) is 36.6 Å². The molecule has 0 aromatic heterocycles.